The maximum absolute atomic E-state index is 4.44. The van der Waals surface area contributed by atoms with Gasteiger partial charge in [0.2, 0.25) is 0 Å². The molecule has 0 radical (unpaired) electrons. The molecular formula is C17H20IN3. The monoisotopic (exact) mass is 393 g/mol. The standard InChI is InChI=1S/C17H20IN3/c1-13-12-14(18)5-6-16(13)20-15-7-10-21(11-8-15)17-4-2-3-9-19-17/h2-6,9,12,15,20H,7-8,10-11H2,1H3. The highest BCUT2D eigenvalue weighted by Crippen LogP contribution is 2.23. The Bertz CT molecular complexity index is 592. The Hall–Kier alpha value is -1.30. The van der Waals surface area contributed by atoms with Gasteiger partial charge in [0.05, 0.1) is 0 Å². The fourth-order valence-corrected chi connectivity index (χ4v) is 3.45. The number of aryl methyl sites for hydroxylation is 1. The molecule has 2 heterocycles. The molecule has 3 nitrogen and oxygen atoms in total. The second kappa shape index (κ2) is 6.64. The first-order chi connectivity index (χ1) is 10.2. The highest BCUT2D eigenvalue weighted by Gasteiger charge is 2.20. The molecule has 4 heteroatoms. The molecule has 0 amide bonds. The summed E-state index contributed by atoms with van der Waals surface area (Å²) in [7, 11) is 0. The van der Waals surface area contributed by atoms with Crippen LogP contribution in [-0.2, 0) is 0 Å². The smallest absolute Gasteiger partial charge is 0.128 e. The highest BCUT2D eigenvalue weighted by molar-refractivity contribution is 14.1. The van der Waals surface area contributed by atoms with Crippen molar-refractivity contribution in [2.75, 3.05) is 23.3 Å². The Morgan fingerprint density at radius 3 is 2.67 bits per heavy atom. The van der Waals surface area contributed by atoms with Gasteiger partial charge in [0.15, 0.2) is 0 Å². The third-order valence-corrected chi connectivity index (χ3v) is 4.69. The molecule has 1 aromatic carbocycles. The third kappa shape index (κ3) is 3.67. The Kier molecular flexibility index (Phi) is 4.63. The summed E-state index contributed by atoms with van der Waals surface area (Å²) in [5.41, 5.74) is 2.60. The van der Waals surface area contributed by atoms with Crippen LogP contribution >= 0.6 is 22.6 Å². The minimum absolute atomic E-state index is 0.559. The largest absolute Gasteiger partial charge is 0.382 e. The number of pyridine rings is 1. The van der Waals surface area contributed by atoms with Crippen LogP contribution in [0.15, 0.2) is 42.6 Å². The number of hydrogen-bond donors (Lipinski definition) is 1. The van der Waals surface area contributed by atoms with Gasteiger partial charge in [-0.1, -0.05) is 6.07 Å². The fraction of sp³-hybridized carbons (Fsp3) is 0.353. The van der Waals surface area contributed by atoms with Crippen molar-refractivity contribution in [3.8, 4) is 0 Å². The second-order valence-electron chi connectivity index (χ2n) is 5.55. The molecular weight excluding hydrogens is 373 g/mol. The molecule has 0 bridgehead atoms. The van der Waals surface area contributed by atoms with E-state index in [-0.39, 0.29) is 0 Å². The maximum Gasteiger partial charge on any atom is 0.128 e. The van der Waals surface area contributed by atoms with Crippen molar-refractivity contribution in [1.29, 1.82) is 0 Å². The predicted octanol–water partition coefficient (Wildman–Crippen LogP) is 4.08. The number of benzene rings is 1. The molecule has 0 saturated carbocycles. The third-order valence-electron chi connectivity index (χ3n) is 4.02. The molecule has 0 aliphatic carbocycles. The zero-order chi connectivity index (χ0) is 14.7. The molecule has 0 spiro atoms. The van der Waals surface area contributed by atoms with Gasteiger partial charge in [0.25, 0.3) is 0 Å². The van der Waals surface area contributed by atoms with Gasteiger partial charge in [-0.25, -0.2) is 4.98 Å². The van der Waals surface area contributed by atoms with Crippen molar-refractivity contribution in [3.63, 3.8) is 0 Å². The lowest BCUT2D eigenvalue weighted by Gasteiger charge is -2.33. The summed E-state index contributed by atoms with van der Waals surface area (Å²) in [6.07, 6.45) is 4.18. The first kappa shape index (κ1) is 14.6. The molecule has 0 unspecified atom stereocenters. The maximum atomic E-state index is 4.44. The lowest BCUT2D eigenvalue weighted by Crippen LogP contribution is -2.39. The van der Waals surface area contributed by atoms with Crippen LogP contribution in [-0.4, -0.2) is 24.1 Å². The first-order valence-corrected chi connectivity index (χ1v) is 8.49. The van der Waals surface area contributed by atoms with E-state index in [0.29, 0.717) is 6.04 Å². The van der Waals surface area contributed by atoms with E-state index in [0.717, 1.165) is 31.7 Å². The SMILES string of the molecule is Cc1cc(I)ccc1NC1CCN(c2ccccn2)CC1. The van der Waals surface area contributed by atoms with E-state index >= 15 is 0 Å². The summed E-state index contributed by atoms with van der Waals surface area (Å²) in [5.74, 6) is 1.10. The molecule has 1 aliphatic rings. The number of nitrogens with one attached hydrogen (secondary N) is 1. The van der Waals surface area contributed by atoms with Crippen LogP contribution < -0.4 is 10.2 Å². The number of piperidine rings is 1. The van der Waals surface area contributed by atoms with Crippen molar-refractivity contribution >= 4 is 34.1 Å². The molecule has 1 aromatic heterocycles. The topological polar surface area (TPSA) is 28.2 Å². The Labute approximate surface area is 139 Å². The molecule has 0 atom stereocenters. The summed E-state index contributed by atoms with van der Waals surface area (Å²) < 4.78 is 1.29. The fourth-order valence-electron chi connectivity index (χ4n) is 2.80. The average Bonchev–Trinajstić information content (AvgIpc) is 2.52. The first-order valence-electron chi connectivity index (χ1n) is 7.41. The van der Waals surface area contributed by atoms with Crippen molar-refractivity contribution < 1.29 is 0 Å². The number of anilines is 2. The molecule has 1 aliphatic heterocycles. The highest BCUT2D eigenvalue weighted by atomic mass is 127. The summed E-state index contributed by atoms with van der Waals surface area (Å²) in [4.78, 5) is 6.81. The zero-order valence-electron chi connectivity index (χ0n) is 12.2. The van der Waals surface area contributed by atoms with Crippen molar-refractivity contribution in [3.05, 3.63) is 51.7 Å². The lowest BCUT2D eigenvalue weighted by molar-refractivity contribution is 0.523. The molecule has 3 rings (SSSR count). The van der Waals surface area contributed by atoms with E-state index < -0.39 is 0 Å². The van der Waals surface area contributed by atoms with Crippen molar-refractivity contribution in [1.82, 2.24) is 4.98 Å². The minimum atomic E-state index is 0.559. The molecule has 110 valence electrons. The van der Waals surface area contributed by atoms with Crippen LogP contribution in [0, 0.1) is 10.5 Å². The van der Waals surface area contributed by atoms with Crippen LogP contribution in [0.1, 0.15) is 18.4 Å². The van der Waals surface area contributed by atoms with Crippen LogP contribution in [0.5, 0.6) is 0 Å². The number of nitrogens with zero attached hydrogens (tertiary/aromatic N) is 2. The van der Waals surface area contributed by atoms with Gasteiger partial charge < -0.3 is 10.2 Å². The molecule has 2 aromatic rings. The second-order valence-corrected chi connectivity index (χ2v) is 6.80. The zero-order valence-corrected chi connectivity index (χ0v) is 14.4. The van der Waals surface area contributed by atoms with E-state index in [2.05, 4.69) is 75.0 Å². The van der Waals surface area contributed by atoms with Crippen LogP contribution in [0.25, 0.3) is 0 Å². The van der Waals surface area contributed by atoms with Gasteiger partial charge >= 0.3 is 0 Å². The van der Waals surface area contributed by atoms with Gasteiger partial charge in [-0.3, -0.25) is 0 Å². The number of hydrogen-bond acceptors (Lipinski definition) is 3. The number of rotatable bonds is 3. The normalized spacial score (nSPS) is 16.0. The van der Waals surface area contributed by atoms with Gasteiger partial charge in [-0.05, 0) is 78.3 Å². The molecule has 1 fully saturated rings. The number of halogens is 1. The van der Waals surface area contributed by atoms with Crippen LogP contribution in [0.2, 0.25) is 0 Å². The Morgan fingerprint density at radius 2 is 2.00 bits per heavy atom. The predicted molar refractivity (Wildman–Crippen MR) is 97.0 cm³/mol. The van der Waals surface area contributed by atoms with E-state index in [1.807, 2.05) is 12.3 Å². The van der Waals surface area contributed by atoms with Crippen molar-refractivity contribution in [2.24, 2.45) is 0 Å². The average molecular weight is 393 g/mol. The Morgan fingerprint density at radius 1 is 1.19 bits per heavy atom. The van der Waals surface area contributed by atoms with E-state index in [4.69, 9.17) is 0 Å². The molecule has 1 saturated heterocycles. The summed E-state index contributed by atoms with van der Waals surface area (Å²) >= 11 is 2.36. The Balaban J connectivity index is 1.59. The summed E-state index contributed by atoms with van der Waals surface area (Å²) in [6, 6.07) is 13.3. The number of aromatic nitrogens is 1. The van der Waals surface area contributed by atoms with E-state index in [1.54, 1.807) is 0 Å². The van der Waals surface area contributed by atoms with Crippen molar-refractivity contribution in [2.45, 2.75) is 25.8 Å². The van der Waals surface area contributed by atoms with E-state index in [1.165, 1.54) is 14.8 Å². The van der Waals surface area contributed by atoms with Crippen LogP contribution in [0.4, 0.5) is 11.5 Å². The molecule has 21 heavy (non-hydrogen) atoms. The summed E-state index contributed by atoms with van der Waals surface area (Å²) in [5, 5.41) is 3.70. The lowest BCUT2D eigenvalue weighted by atomic mass is 10.0. The van der Waals surface area contributed by atoms with Gasteiger partial charge in [-0.15, -0.1) is 0 Å². The van der Waals surface area contributed by atoms with Crippen LogP contribution in [0.3, 0.4) is 0 Å². The quantitative estimate of drug-likeness (QED) is 0.797. The minimum Gasteiger partial charge on any atom is -0.382 e. The van der Waals surface area contributed by atoms with E-state index in [9.17, 15) is 0 Å². The van der Waals surface area contributed by atoms with Gasteiger partial charge in [0, 0.05) is 34.6 Å². The molecule has 1 N–H and O–H groups in total. The summed E-state index contributed by atoms with van der Waals surface area (Å²) in [6.45, 7) is 4.31. The van der Waals surface area contributed by atoms with Gasteiger partial charge in [-0.2, -0.15) is 0 Å². The van der Waals surface area contributed by atoms with Gasteiger partial charge in [0.1, 0.15) is 5.82 Å².